The predicted octanol–water partition coefficient (Wildman–Crippen LogP) is 2.39. The minimum absolute atomic E-state index is 0. The van der Waals surface area contributed by atoms with Gasteiger partial charge >= 0.3 is 0 Å². The molecule has 2 N–H and O–H groups in total. The van der Waals surface area contributed by atoms with Crippen molar-refractivity contribution in [3.05, 3.63) is 30.3 Å². The smallest absolute Gasteiger partial charge is 0.191 e. The van der Waals surface area contributed by atoms with Crippen molar-refractivity contribution in [2.45, 2.75) is 25.8 Å². The molecule has 0 amide bonds. The van der Waals surface area contributed by atoms with Crippen molar-refractivity contribution < 1.29 is 0 Å². The van der Waals surface area contributed by atoms with Crippen molar-refractivity contribution in [2.75, 3.05) is 51.2 Å². The van der Waals surface area contributed by atoms with E-state index in [1.165, 1.54) is 12.1 Å². The molecule has 25 heavy (non-hydrogen) atoms. The van der Waals surface area contributed by atoms with Gasteiger partial charge < -0.3 is 15.5 Å². The van der Waals surface area contributed by atoms with Crippen molar-refractivity contribution in [3.63, 3.8) is 0 Å². The summed E-state index contributed by atoms with van der Waals surface area (Å²) in [4.78, 5) is 9.36. The molecule has 1 aliphatic carbocycles. The topological polar surface area (TPSA) is 42.9 Å². The number of benzene rings is 1. The van der Waals surface area contributed by atoms with Crippen LogP contribution >= 0.6 is 24.0 Å². The molecule has 2 aliphatic rings. The number of halogens is 1. The lowest BCUT2D eigenvalue weighted by atomic mass is 10.2. The van der Waals surface area contributed by atoms with E-state index in [4.69, 9.17) is 0 Å². The lowest BCUT2D eigenvalue weighted by Gasteiger charge is -2.36. The molecule has 0 spiro atoms. The van der Waals surface area contributed by atoms with Crippen LogP contribution in [0.2, 0.25) is 0 Å². The van der Waals surface area contributed by atoms with E-state index >= 15 is 0 Å². The van der Waals surface area contributed by atoms with Gasteiger partial charge in [-0.25, -0.2) is 0 Å². The van der Waals surface area contributed by atoms with Gasteiger partial charge in [-0.05, 0) is 37.4 Å². The molecule has 1 saturated heterocycles. The van der Waals surface area contributed by atoms with Crippen LogP contribution in [0.1, 0.15) is 19.8 Å². The Labute approximate surface area is 169 Å². The van der Waals surface area contributed by atoms with Crippen molar-refractivity contribution in [1.29, 1.82) is 0 Å². The van der Waals surface area contributed by atoms with Crippen LogP contribution in [0, 0.1) is 5.92 Å². The molecule has 0 bridgehead atoms. The monoisotopic (exact) mass is 457 g/mol. The van der Waals surface area contributed by atoms with E-state index in [0.29, 0.717) is 6.04 Å². The molecule has 0 radical (unpaired) electrons. The molecular weight excluding hydrogens is 425 g/mol. The lowest BCUT2D eigenvalue weighted by molar-refractivity contribution is 0.255. The van der Waals surface area contributed by atoms with Gasteiger partial charge in [-0.15, -0.1) is 24.0 Å². The molecule has 1 heterocycles. The SMILES string of the molecule is CN=C(NCCCN1CCN(c2ccccc2)CC1)NC1CC1C.I. The predicted molar refractivity (Wildman–Crippen MR) is 117 cm³/mol. The van der Waals surface area contributed by atoms with Crippen LogP contribution in [0.3, 0.4) is 0 Å². The van der Waals surface area contributed by atoms with Crippen molar-refractivity contribution in [1.82, 2.24) is 15.5 Å². The van der Waals surface area contributed by atoms with E-state index in [1.807, 2.05) is 7.05 Å². The number of hydrogen-bond acceptors (Lipinski definition) is 3. The van der Waals surface area contributed by atoms with E-state index in [0.717, 1.165) is 57.6 Å². The fourth-order valence-electron chi connectivity index (χ4n) is 3.27. The van der Waals surface area contributed by atoms with Gasteiger partial charge in [0.2, 0.25) is 0 Å². The molecule has 1 aromatic carbocycles. The summed E-state index contributed by atoms with van der Waals surface area (Å²) in [5.74, 6) is 1.75. The maximum Gasteiger partial charge on any atom is 0.191 e. The Morgan fingerprint density at radius 1 is 1.16 bits per heavy atom. The number of guanidine groups is 1. The summed E-state index contributed by atoms with van der Waals surface area (Å²) < 4.78 is 0. The second-order valence-corrected chi connectivity index (χ2v) is 6.98. The van der Waals surface area contributed by atoms with Gasteiger partial charge in [0.1, 0.15) is 0 Å². The Morgan fingerprint density at radius 3 is 2.44 bits per heavy atom. The molecule has 6 heteroatoms. The van der Waals surface area contributed by atoms with Crippen LogP contribution in [0.25, 0.3) is 0 Å². The summed E-state index contributed by atoms with van der Waals surface area (Å²) in [7, 11) is 1.85. The lowest BCUT2D eigenvalue weighted by Crippen LogP contribution is -2.47. The third-order valence-electron chi connectivity index (χ3n) is 5.09. The average Bonchev–Trinajstić information content (AvgIpc) is 3.33. The van der Waals surface area contributed by atoms with Crippen molar-refractivity contribution >= 4 is 35.6 Å². The largest absolute Gasteiger partial charge is 0.369 e. The number of nitrogens with one attached hydrogen (secondary N) is 2. The fourth-order valence-corrected chi connectivity index (χ4v) is 3.27. The zero-order chi connectivity index (χ0) is 16.8. The average molecular weight is 457 g/mol. The first-order valence-corrected chi connectivity index (χ1v) is 9.26. The fraction of sp³-hybridized carbons (Fsp3) is 0.632. The number of hydrogen-bond donors (Lipinski definition) is 2. The summed E-state index contributed by atoms with van der Waals surface area (Å²) in [5.41, 5.74) is 1.35. The molecule has 2 fully saturated rings. The summed E-state index contributed by atoms with van der Waals surface area (Å²) in [6, 6.07) is 11.4. The Balaban J connectivity index is 0.00000225. The third kappa shape index (κ3) is 6.33. The number of anilines is 1. The minimum Gasteiger partial charge on any atom is -0.369 e. The van der Waals surface area contributed by atoms with Gasteiger partial charge in [-0.3, -0.25) is 9.89 Å². The summed E-state index contributed by atoms with van der Waals surface area (Å²) >= 11 is 0. The molecule has 2 unspecified atom stereocenters. The van der Waals surface area contributed by atoms with Crippen LogP contribution in [0.4, 0.5) is 5.69 Å². The van der Waals surface area contributed by atoms with Crippen LogP contribution in [0.5, 0.6) is 0 Å². The highest BCUT2D eigenvalue weighted by atomic mass is 127. The molecule has 0 aromatic heterocycles. The summed E-state index contributed by atoms with van der Waals surface area (Å²) in [5, 5.41) is 6.91. The Hall–Kier alpha value is -1.02. The Kier molecular flexibility index (Phi) is 8.29. The van der Waals surface area contributed by atoms with E-state index in [9.17, 15) is 0 Å². The first-order chi connectivity index (χ1) is 11.8. The maximum atomic E-state index is 4.30. The normalized spacial score (nSPS) is 23.8. The number of rotatable bonds is 6. The van der Waals surface area contributed by atoms with Gasteiger partial charge in [-0.2, -0.15) is 0 Å². The molecule has 1 aromatic rings. The van der Waals surface area contributed by atoms with Gasteiger partial charge in [-0.1, -0.05) is 25.1 Å². The third-order valence-corrected chi connectivity index (χ3v) is 5.09. The molecule has 1 aliphatic heterocycles. The second kappa shape index (κ2) is 10.2. The Morgan fingerprint density at radius 2 is 1.84 bits per heavy atom. The first kappa shape index (κ1) is 20.3. The number of nitrogens with zero attached hydrogens (tertiary/aromatic N) is 3. The van der Waals surface area contributed by atoms with Crippen LogP contribution in [-0.4, -0.2) is 63.2 Å². The molecule has 3 rings (SSSR count). The molecular formula is C19H32IN5. The summed E-state index contributed by atoms with van der Waals surface area (Å²) in [6.45, 7) is 8.98. The second-order valence-electron chi connectivity index (χ2n) is 6.98. The van der Waals surface area contributed by atoms with Crippen LogP contribution in [0.15, 0.2) is 35.3 Å². The first-order valence-electron chi connectivity index (χ1n) is 9.26. The van der Waals surface area contributed by atoms with E-state index in [-0.39, 0.29) is 24.0 Å². The molecule has 5 nitrogen and oxygen atoms in total. The number of para-hydroxylation sites is 1. The maximum absolute atomic E-state index is 4.30. The zero-order valence-electron chi connectivity index (χ0n) is 15.4. The van der Waals surface area contributed by atoms with E-state index in [1.54, 1.807) is 0 Å². The van der Waals surface area contributed by atoms with Crippen molar-refractivity contribution in [2.24, 2.45) is 10.9 Å². The van der Waals surface area contributed by atoms with Crippen LogP contribution < -0.4 is 15.5 Å². The standard InChI is InChI=1S/C19H31N5.HI/c1-16-15-18(16)22-19(20-2)21-9-6-10-23-11-13-24(14-12-23)17-7-4-3-5-8-17;/h3-5,7-8,16,18H,6,9-15H2,1-2H3,(H2,20,21,22);1H. The Bertz CT molecular complexity index is 528. The van der Waals surface area contributed by atoms with Gasteiger partial charge in [0.25, 0.3) is 0 Å². The van der Waals surface area contributed by atoms with Gasteiger partial charge in [0.15, 0.2) is 5.96 Å². The summed E-state index contributed by atoms with van der Waals surface area (Å²) in [6.07, 6.45) is 2.43. The quantitative estimate of drug-likeness (QED) is 0.298. The van der Waals surface area contributed by atoms with Gasteiger partial charge in [0, 0.05) is 51.5 Å². The van der Waals surface area contributed by atoms with Crippen molar-refractivity contribution in [3.8, 4) is 0 Å². The highest BCUT2D eigenvalue weighted by Crippen LogP contribution is 2.28. The van der Waals surface area contributed by atoms with E-state index < -0.39 is 0 Å². The van der Waals surface area contributed by atoms with Gasteiger partial charge in [0.05, 0.1) is 0 Å². The zero-order valence-corrected chi connectivity index (χ0v) is 17.8. The number of piperazine rings is 1. The van der Waals surface area contributed by atoms with Crippen LogP contribution in [-0.2, 0) is 0 Å². The molecule has 140 valence electrons. The molecule has 2 atom stereocenters. The highest BCUT2D eigenvalue weighted by Gasteiger charge is 2.33. The number of aliphatic imine (C=N–C) groups is 1. The highest BCUT2D eigenvalue weighted by molar-refractivity contribution is 14.0. The minimum atomic E-state index is 0. The van der Waals surface area contributed by atoms with E-state index in [2.05, 4.69) is 62.7 Å². The molecule has 1 saturated carbocycles.